The number of benzene rings is 1. The molecule has 25 heavy (non-hydrogen) atoms. The fourth-order valence-electron chi connectivity index (χ4n) is 3.13. The summed E-state index contributed by atoms with van der Waals surface area (Å²) in [6.45, 7) is 0.615. The van der Waals surface area contributed by atoms with E-state index in [1.165, 1.54) is 0 Å². The first-order chi connectivity index (χ1) is 12.1. The van der Waals surface area contributed by atoms with Gasteiger partial charge in [0, 0.05) is 38.4 Å². The Balaban J connectivity index is 1.74. The van der Waals surface area contributed by atoms with E-state index in [0.29, 0.717) is 24.3 Å². The minimum absolute atomic E-state index is 0.0473. The third-order valence-corrected chi connectivity index (χ3v) is 4.49. The molecule has 0 saturated carbocycles. The maximum Gasteiger partial charge on any atom is 0.220 e. The van der Waals surface area contributed by atoms with Crippen LogP contribution in [-0.4, -0.2) is 28.6 Å². The zero-order valence-electron chi connectivity index (χ0n) is 14.3. The Labute approximate surface area is 146 Å². The lowest BCUT2D eigenvalue weighted by Crippen LogP contribution is -2.49. The fourth-order valence-corrected chi connectivity index (χ4v) is 3.13. The number of nitrogens with zero attached hydrogens (tertiary/aromatic N) is 3. The lowest BCUT2D eigenvalue weighted by Gasteiger charge is -2.32. The number of carbonyl (C=O) groups is 1. The van der Waals surface area contributed by atoms with Crippen molar-refractivity contribution >= 4 is 5.91 Å². The van der Waals surface area contributed by atoms with E-state index in [2.05, 4.69) is 21.7 Å². The number of imidazole rings is 1. The summed E-state index contributed by atoms with van der Waals surface area (Å²) in [7, 11) is 3.48. The van der Waals surface area contributed by atoms with Gasteiger partial charge in [-0.1, -0.05) is 6.07 Å². The van der Waals surface area contributed by atoms with Gasteiger partial charge in [-0.3, -0.25) is 4.79 Å². The topological polar surface area (TPSA) is 92.0 Å². The quantitative estimate of drug-likeness (QED) is 0.859. The number of aromatic nitrogens is 2. The molecule has 7 heteroatoms. The molecule has 130 valence electrons. The monoisotopic (exact) mass is 339 g/mol. The third kappa shape index (κ3) is 3.64. The van der Waals surface area contributed by atoms with Crippen LogP contribution in [0.2, 0.25) is 0 Å². The standard InChI is InChI=1S/C18H21N5O2/c1-23-8-7-20-18(23)17-14(5-6-16(24)22-17)21-11-12-3-4-13(10-19)15(9-12)25-2/h3-4,7-9,14,17,21H,5-6,11H2,1-2H3,(H,22,24)/t14-,17-/m1/s1. The molecular formula is C18H21N5O2. The molecule has 1 amide bonds. The largest absolute Gasteiger partial charge is 0.495 e. The molecule has 0 radical (unpaired) electrons. The maximum atomic E-state index is 11.8. The fraction of sp³-hybridized carbons (Fsp3) is 0.389. The number of piperidine rings is 1. The predicted octanol–water partition coefficient (Wildman–Crippen LogP) is 1.41. The van der Waals surface area contributed by atoms with Crippen molar-refractivity contribution in [3.63, 3.8) is 0 Å². The Morgan fingerprint density at radius 3 is 3.04 bits per heavy atom. The SMILES string of the molecule is COc1cc(CN[C@@H]2CCC(=O)N[C@H]2c2nccn2C)ccc1C#N. The number of nitriles is 1. The van der Waals surface area contributed by atoms with Crippen molar-refractivity contribution < 1.29 is 9.53 Å². The Bertz CT molecular complexity index is 808. The molecule has 1 aliphatic heterocycles. The van der Waals surface area contributed by atoms with E-state index in [9.17, 15) is 4.79 Å². The summed E-state index contributed by atoms with van der Waals surface area (Å²) in [5.41, 5.74) is 1.54. The molecule has 0 aliphatic carbocycles. The van der Waals surface area contributed by atoms with Crippen LogP contribution in [-0.2, 0) is 18.4 Å². The summed E-state index contributed by atoms with van der Waals surface area (Å²) in [6, 6.07) is 7.56. The number of hydrogen-bond donors (Lipinski definition) is 2. The van der Waals surface area contributed by atoms with Gasteiger partial charge in [0.05, 0.1) is 12.7 Å². The van der Waals surface area contributed by atoms with Crippen molar-refractivity contribution in [2.24, 2.45) is 7.05 Å². The molecule has 0 unspecified atom stereocenters. The highest BCUT2D eigenvalue weighted by atomic mass is 16.5. The molecule has 1 aromatic carbocycles. The first-order valence-corrected chi connectivity index (χ1v) is 8.19. The number of rotatable bonds is 5. The van der Waals surface area contributed by atoms with Gasteiger partial charge in [-0.05, 0) is 24.1 Å². The number of methoxy groups -OCH3 is 1. The third-order valence-electron chi connectivity index (χ3n) is 4.49. The molecule has 1 fully saturated rings. The highest BCUT2D eigenvalue weighted by Gasteiger charge is 2.32. The van der Waals surface area contributed by atoms with Gasteiger partial charge in [-0.2, -0.15) is 5.26 Å². The minimum atomic E-state index is -0.165. The normalized spacial score (nSPS) is 20.0. The molecule has 1 aliphatic rings. The van der Waals surface area contributed by atoms with Crippen molar-refractivity contribution in [2.45, 2.75) is 31.5 Å². The first-order valence-electron chi connectivity index (χ1n) is 8.19. The molecule has 2 atom stereocenters. The zero-order chi connectivity index (χ0) is 17.8. The van der Waals surface area contributed by atoms with Crippen molar-refractivity contribution in [3.05, 3.63) is 47.5 Å². The van der Waals surface area contributed by atoms with Gasteiger partial charge in [0.1, 0.15) is 23.7 Å². The zero-order valence-corrected chi connectivity index (χ0v) is 14.3. The van der Waals surface area contributed by atoms with Crippen molar-refractivity contribution in [2.75, 3.05) is 7.11 Å². The van der Waals surface area contributed by atoms with Gasteiger partial charge in [-0.25, -0.2) is 4.98 Å². The van der Waals surface area contributed by atoms with Gasteiger partial charge >= 0.3 is 0 Å². The van der Waals surface area contributed by atoms with Crippen LogP contribution >= 0.6 is 0 Å². The smallest absolute Gasteiger partial charge is 0.220 e. The molecule has 0 spiro atoms. The Morgan fingerprint density at radius 2 is 2.36 bits per heavy atom. The van der Waals surface area contributed by atoms with Gasteiger partial charge in [0.25, 0.3) is 0 Å². The van der Waals surface area contributed by atoms with Crippen LogP contribution in [0.3, 0.4) is 0 Å². The molecule has 3 rings (SSSR count). The second kappa shape index (κ2) is 7.36. The number of hydrogen-bond acceptors (Lipinski definition) is 5. The molecule has 2 N–H and O–H groups in total. The van der Waals surface area contributed by atoms with Crippen LogP contribution in [0.25, 0.3) is 0 Å². The summed E-state index contributed by atoms with van der Waals surface area (Å²) < 4.78 is 7.18. The molecule has 7 nitrogen and oxygen atoms in total. The molecule has 0 bridgehead atoms. The molecular weight excluding hydrogens is 318 g/mol. The van der Waals surface area contributed by atoms with E-state index in [0.717, 1.165) is 17.8 Å². The van der Waals surface area contributed by atoms with E-state index >= 15 is 0 Å². The first kappa shape index (κ1) is 17.0. The van der Waals surface area contributed by atoms with Crippen molar-refractivity contribution in [3.8, 4) is 11.8 Å². The molecule has 1 aromatic heterocycles. The van der Waals surface area contributed by atoms with Crippen LogP contribution in [0.1, 0.15) is 35.8 Å². The van der Waals surface area contributed by atoms with Crippen LogP contribution in [0, 0.1) is 11.3 Å². The number of ether oxygens (including phenoxy) is 1. The van der Waals surface area contributed by atoms with Gasteiger partial charge < -0.3 is 19.9 Å². The highest BCUT2D eigenvalue weighted by molar-refractivity contribution is 5.77. The van der Waals surface area contributed by atoms with Crippen molar-refractivity contribution in [1.29, 1.82) is 5.26 Å². The van der Waals surface area contributed by atoms with Gasteiger partial charge in [-0.15, -0.1) is 0 Å². The second-order valence-electron chi connectivity index (χ2n) is 6.11. The summed E-state index contributed by atoms with van der Waals surface area (Å²) in [4.78, 5) is 16.2. The Morgan fingerprint density at radius 1 is 1.52 bits per heavy atom. The highest BCUT2D eigenvalue weighted by Crippen LogP contribution is 2.24. The van der Waals surface area contributed by atoms with Gasteiger partial charge in [0.15, 0.2) is 0 Å². The summed E-state index contributed by atoms with van der Waals surface area (Å²) in [5.74, 6) is 1.45. The number of carbonyl (C=O) groups excluding carboxylic acids is 1. The van der Waals surface area contributed by atoms with Crippen LogP contribution in [0.15, 0.2) is 30.6 Å². The lowest BCUT2D eigenvalue weighted by atomic mass is 9.96. The van der Waals surface area contributed by atoms with Crippen LogP contribution in [0.5, 0.6) is 5.75 Å². The van der Waals surface area contributed by atoms with E-state index < -0.39 is 0 Å². The molecule has 1 saturated heterocycles. The van der Waals surface area contributed by atoms with E-state index in [4.69, 9.17) is 10.00 Å². The summed E-state index contributed by atoms with van der Waals surface area (Å²) in [5, 5.41) is 15.6. The summed E-state index contributed by atoms with van der Waals surface area (Å²) in [6.07, 6.45) is 4.85. The number of amides is 1. The lowest BCUT2D eigenvalue weighted by molar-refractivity contribution is -0.124. The number of nitrogens with one attached hydrogen (secondary N) is 2. The average Bonchev–Trinajstić information content (AvgIpc) is 3.06. The second-order valence-corrected chi connectivity index (χ2v) is 6.11. The van der Waals surface area contributed by atoms with Gasteiger partial charge in [0.2, 0.25) is 5.91 Å². The van der Waals surface area contributed by atoms with Crippen LogP contribution < -0.4 is 15.4 Å². The minimum Gasteiger partial charge on any atom is -0.495 e. The molecule has 2 aromatic rings. The van der Waals surface area contributed by atoms with E-state index in [1.54, 1.807) is 19.4 Å². The molecule has 2 heterocycles. The average molecular weight is 339 g/mol. The number of aryl methyl sites for hydroxylation is 1. The maximum absolute atomic E-state index is 11.8. The van der Waals surface area contributed by atoms with Crippen LogP contribution in [0.4, 0.5) is 0 Å². The van der Waals surface area contributed by atoms with E-state index in [1.807, 2.05) is 29.9 Å². The van der Waals surface area contributed by atoms with Crippen molar-refractivity contribution in [1.82, 2.24) is 20.2 Å². The Hall–Kier alpha value is -2.85. The summed E-state index contributed by atoms with van der Waals surface area (Å²) >= 11 is 0. The Kier molecular flexibility index (Phi) is 5.00. The van der Waals surface area contributed by atoms with E-state index in [-0.39, 0.29) is 18.0 Å². The predicted molar refractivity (Wildman–Crippen MR) is 91.7 cm³/mol.